The largest absolute Gasteiger partial charge is 0.363 e. The lowest BCUT2D eigenvalue weighted by Crippen LogP contribution is -2.50. The number of carbonyl (C=O) groups excluding carboxylic acids is 2. The number of rotatable bonds is 4. The molecule has 0 bridgehead atoms. The number of fused-ring (bicyclic) bond motifs is 1. The van der Waals surface area contributed by atoms with Crippen molar-refractivity contribution in [1.82, 2.24) is 24.7 Å². The van der Waals surface area contributed by atoms with Crippen LogP contribution in [-0.4, -0.2) is 43.7 Å². The molecule has 176 valence electrons. The SMILES string of the molecule is CO[C@]12C(=O)Nc3nc(-c4nn(Cc5ccccc5F)c5ncc(F)cc45)nc(c31)NC(=O)[C@@H]2C. The van der Waals surface area contributed by atoms with Gasteiger partial charge in [0.15, 0.2) is 17.1 Å². The molecular formula is C23H17F2N7O3. The highest BCUT2D eigenvalue weighted by atomic mass is 19.1. The van der Waals surface area contributed by atoms with Gasteiger partial charge >= 0.3 is 0 Å². The number of methoxy groups -OCH3 is 1. The molecule has 0 aliphatic carbocycles. The predicted molar refractivity (Wildman–Crippen MR) is 119 cm³/mol. The maximum Gasteiger partial charge on any atom is 0.263 e. The standard InChI is InChI=1S/C23H17F2N7O3/c1-10-21(33)29-17-15-18(30-22(34)23(10,15)35-2)28-19(27-17)16-13-7-12(24)8-26-20(13)32(31-16)9-11-5-3-4-6-14(11)25/h3-8,10H,9H2,1-2H3,(H2,27,28,29,30,33,34)/t10-,23-/m0/s1. The molecule has 12 heteroatoms. The molecule has 0 spiro atoms. The molecule has 0 fully saturated rings. The highest BCUT2D eigenvalue weighted by Gasteiger charge is 2.59. The van der Waals surface area contributed by atoms with Crippen molar-refractivity contribution in [1.29, 1.82) is 0 Å². The van der Waals surface area contributed by atoms with Crippen LogP contribution in [0.3, 0.4) is 0 Å². The fraction of sp³-hybridized carbons (Fsp3) is 0.217. The van der Waals surface area contributed by atoms with Crippen LogP contribution in [0.25, 0.3) is 22.6 Å². The van der Waals surface area contributed by atoms with Crippen molar-refractivity contribution in [2.24, 2.45) is 5.92 Å². The van der Waals surface area contributed by atoms with E-state index in [1.54, 1.807) is 25.1 Å². The Balaban J connectivity index is 1.55. The van der Waals surface area contributed by atoms with Crippen LogP contribution >= 0.6 is 0 Å². The summed E-state index contributed by atoms with van der Waals surface area (Å²) >= 11 is 0. The smallest absolute Gasteiger partial charge is 0.263 e. The van der Waals surface area contributed by atoms with Crippen LogP contribution < -0.4 is 10.6 Å². The van der Waals surface area contributed by atoms with Crippen molar-refractivity contribution >= 4 is 34.5 Å². The van der Waals surface area contributed by atoms with E-state index in [1.165, 1.54) is 23.9 Å². The number of anilines is 2. The summed E-state index contributed by atoms with van der Waals surface area (Å²) in [6.07, 6.45) is 1.04. The van der Waals surface area contributed by atoms with Crippen LogP contribution in [0, 0.1) is 17.6 Å². The first-order chi connectivity index (χ1) is 16.8. The van der Waals surface area contributed by atoms with E-state index in [0.29, 0.717) is 11.1 Å². The Morgan fingerprint density at radius 3 is 2.63 bits per heavy atom. The molecule has 4 aromatic rings. The fourth-order valence-corrected chi connectivity index (χ4v) is 4.70. The molecule has 0 saturated heterocycles. The Morgan fingerprint density at radius 1 is 1.14 bits per heavy atom. The Kier molecular flexibility index (Phi) is 4.45. The minimum absolute atomic E-state index is 0.0190. The molecular weight excluding hydrogens is 460 g/mol. The molecule has 1 aromatic carbocycles. The number of nitrogens with zero attached hydrogens (tertiary/aromatic N) is 5. The van der Waals surface area contributed by atoms with Crippen LogP contribution in [0.4, 0.5) is 20.4 Å². The second-order valence-corrected chi connectivity index (χ2v) is 8.35. The van der Waals surface area contributed by atoms with E-state index in [0.717, 1.165) is 6.20 Å². The summed E-state index contributed by atoms with van der Waals surface area (Å²) in [5.41, 5.74) is -0.446. The molecule has 2 N–H and O–H groups in total. The van der Waals surface area contributed by atoms with Crippen molar-refractivity contribution in [3.05, 3.63) is 59.3 Å². The van der Waals surface area contributed by atoms with Crippen molar-refractivity contribution in [2.45, 2.75) is 19.1 Å². The van der Waals surface area contributed by atoms with Gasteiger partial charge in [-0.05, 0) is 19.1 Å². The first-order valence-electron chi connectivity index (χ1n) is 10.7. The van der Waals surface area contributed by atoms with Gasteiger partial charge in [-0.25, -0.2) is 28.4 Å². The average molecular weight is 477 g/mol. The molecule has 35 heavy (non-hydrogen) atoms. The van der Waals surface area contributed by atoms with Gasteiger partial charge in [0.25, 0.3) is 5.91 Å². The first kappa shape index (κ1) is 21.2. The minimum Gasteiger partial charge on any atom is -0.363 e. The molecule has 2 aliphatic heterocycles. The number of aromatic nitrogens is 5. The van der Waals surface area contributed by atoms with Crippen molar-refractivity contribution in [3.8, 4) is 11.5 Å². The van der Waals surface area contributed by atoms with Crippen LogP contribution in [-0.2, 0) is 26.5 Å². The molecule has 0 radical (unpaired) electrons. The fourth-order valence-electron chi connectivity index (χ4n) is 4.70. The lowest BCUT2D eigenvalue weighted by atomic mass is 9.80. The van der Waals surface area contributed by atoms with Gasteiger partial charge < -0.3 is 15.4 Å². The second kappa shape index (κ2) is 7.34. The van der Waals surface area contributed by atoms with Gasteiger partial charge in [0.2, 0.25) is 5.91 Å². The Hall–Kier alpha value is -4.32. The molecule has 5 heterocycles. The lowest BCUT2D eigenvalue weighted by Gasteiger charge is -2.35. The number of benzene rings is 1. The predicted octanol–water partition coefficient (Wildman–Crippen LogP) is 2.60. The van der Waals surface area contributed by atoms with Gasteiger partial charge in [-0.2, -0.15) is 5.10 Å². The van der Waals surface area contributed by atoms with Gasteiger partial charge in [0, 0.05) is 12.7 Å². The summed E-state index contributed by atoms with van der Waals surface area (Å²) < 4.78 is 35.4. The number of ether oxygens (including phenoxy) is 1. The lowest BCUT2D eigenvalue weighted by molar-refractivity contribution is -0.151. The van der Waals surface area contributed by atoms with Gasteiger partial charge in [0.1, 0.15) is 29.0 Å². The zero-order chi connectivity index (χ0) is 24.5. The van der Waals surface area contributed by atoms with Crippen LogP contribution in [0.5, 0.6) is 0 Å². The van der Waals surface area contributed by atoms with Crippen LogP contribution in [0.2, 0.25) is 0 Å². The summed E-state index contributed by atoms with van der Waals surface area (Å²) in [6, 6.07) is 7.44. The summed E-state index contributed by atoms with van der Waals surface area (Å²) in [4.78, 5) is 38.6. The summed E-state index contributed by atoms with van der Waals surface area (Å²) in [5.74, 6) is -2.57. The molecule has 0 unspecified atom stereocenters. The number of nitrogens with one attached hydrogen (secondary N) is 2. The molecule has 0 saturated carbocycles. The molecule has 6 rings (SSSR count). The van der Waals surface area contributed by atoms with E-state index < -0.39 is 35.0 Å². The highest BCUT2D eigenvalue weighted by Crippen LogP contribution is 2.49. The third-order valence-electron chi connectivity index (χ3n) is 6.46. The Bertz CT molecular complexity index is 1570. The topological polar surface area (TPSA) is 124 Å². The van der Waals surface area contributed by atoms with E-state index in [4.69, 9.17) is 4.74 Å². The molecule has 2 atom stereocenters. The molecule has 2 aliphatic rings. The summed E-state index contributed by atoms with van der Waals surface area (Å²) in [5, 5.41) is 10.1. The molecule has 3 aromatic heterocycles. The van der Waals surface area contributed by atoms with E-state index in [9.17, 15) is 18.4 Å². The van der Waals surface area contributed by atoms with E-state index >= 15 is 0 Å². The summed E-state index contributed by atoms with van der Waals surface area (Å²) in [7, 11) is 1.34. The first-order valence-corrected chi connectivity index (χ1v) is 10.7. The highest BCUT2D eigenvalue weighted by molar-refractivity contribution is 6.13. The van der Waals surface area contributed by atoms with E-state index in [2.05, 4.69) is 30.7 Å². The van der Waals surface area contributed by atoms with Gasteiger partial charge in [0.05, 0.1) is 29.6 Å². The normalized spacial score (nSPS) is 20.6. The van der Waals surface area contributed by atoms with Gasteiger partial charge in [-0.1, -0.05) is 18.2 Å². The zero-order valence-electron chi connectivity index (χ0n) is 18.5. The van der Waals surface area contributed by atoms with Crippen molar-refractivity contribution in [3.63, 3.8) is 0 Å². The maximum atomic E-state index is 14.3. The van der Waals surface area contributed by atoms with Gasteiger partial charge in [-0.3, -0.25) is 9.59 Å². The van der Waals surface area contributed by atoms with Crippen molar-refractivity contribution in [2.75, 3.05) is 17.7 Å². The van der Waals surface area contributed by atoms with Crippen molar-refractivity contribution < 1.29 is 23.1 Å². The number of carbonyl (C=O) groups is 2. The summed E-state index contributed by atoms with van der Waals surface area (Å²) in [6.45, 7) is 1.61. The van der Waals surface area contributed by atoms with E-state index in [-0.39, 0.29) is 40.7 Å². The van der Waals surface area contributed by atoms with Crippen LogP contribution in [0.15, 0.2) is 36.5 Å². The number of pyridine rings is 1. The quantitative estimate of drug-likeness (QED) is 0.463. The minimum atomic E-state index is -1.56. The third kappa shape index (κ3) is 2.89. The molecule has 10 nitrogen and oxygen atoms in total. The van der Waals surface area contributed by atoms with E-state index in [1.807, 2.05) is 0 Å². The number of hydrogen-bond donors (Lipinski definition) is 2. The number of halogens is 2. The zero-order valence-corrected chi connectivity index (χ0v) is 18.5. The monoisotopic (exact) mass is 477 g/mol. The second-order valence-electron chi connectivity index (χ2n) is 8.35. The number of amides is 2. The third-order valence-corrected chi connectivity index (χ3v) is 6.46. The Morgan fingerprint density at radius 2 is 1.89 bits per heavy atom. The van der Waals surface area contributed by atoms with Crippen LogP contribution in [0.1, 0.15) is 18.1 Å². The van der Waals surface area contributed by atoms with Gasteiger partial charge in [-0.15, -0.1) is 0 Å². The molecule has 2 amide bonds. The number of hydrogen-bond acceptors (Lipinski definition) is 7. The Labute approximate surface area is 196 Å². The average Bonchev–Trinajstić information content (AvgIpc) is 3.34. The maximum absolute atomic E-state index is 14.3.